The molecule has 1 aromatic carbocycles. The first-order valence-corrected chi connectivity index (χ1v) is 6.19. The summed E-state index contributed by atoms with van der Waals surface area (Å²) in [5.74, 6) is -0.00397. The van der Waals surface area contributed by atoms with Gasteiger partial charge in [-0.05, 0) is 43.5 Å². The highest BCUT2D eigenvalue weighted by Gasteiger charge is 2.29. The smallest absolute Gasteiger partial charge is 0.254 e. The molecule has 1 heterocycles. The van der Waals surface area contributed by atoms with Crippen molar-refractivity contribution in [2.45, 2.75) is 25.8 Å². The minimum atomic E-state index is -0.0300. The third-order valence-corrected chi connectivity index (χ3v) is 3.50. The monoisotopic (exact) mass is 253 g/mol. The number of benzene rings is 1. The lowest BCUT2D eigenvalue weighted by molar-refractivity contribution is 0.0677. The molecule has 1 aromatic rings. The Hall–Kier alpha value is -1.06. The Balaban J connectivity index is 2.24. The summed E-state index contributed by atoms with van der Waals surface area (Å²) in [7, 11) is 0. The number of carbonyl (C=O) groups excluding carboxylic acids is 1. The van der Waals surface area contributed by atoms with Crippen molar-refractivity contribution >= 4 is 17.5 Å². The van der Waals surface area contributed by atoms with Gasteiger partial charge < -0.3 is 10.0 Å². The van der Waals surface area contributed by atoms with Crippen LogP contribution in [0, 0.1) is 6.92 Å². The molecule has 0 unspecified atom stereocenters. The number of likely N-dealkylation sites (tertiary alicyclic amines) is 1. The van der Waals surface area contributed by atoms with Gasteiger partial charge in [-0.1, -0.05) is 11.6 Å². The second-order valence-electron chi connectivity index (χ2n) is 4.44. The first kappa shape index (κ1) is 12.4. The van der Waals surface area contributed by atoms with Crippen LogP contribution in [0.4, 0.5) is 0 Å². The van der Waals surface area contributed by atoms with Crippen molar-refractivity contribution < 1.29 is 9.90 Å². The predicted octanol–water partition coefficient (Wildman–Crippen LogP) is 2.25. The fraction of sp³-hybridized carbons (Fsp3) is 0.462. The SMILES string of the molecule is Cc1cc(Cl)ccc1C(=O)N1CCC[C@@H]1CO. The lowest BCUT2D eigenvalue weighted by atomic mass is 10.1. The molecule has 0 spiro atoms. The highest BCUT2D eigenvalue weighted by atomic mass is 35.5. The zero-order chi connectivity index (χ0) is 12.4. The molecule has 0 saturated carbocycles. The van der Waals surface area contributed by atoms with Crippen molar-refractivity contribution in [2.75, 3.05) is 13.2 Å². The van der Waals surface area contributed by atoms with Crippen LogP contribution in [0.15, 0.2) is 18.2 Å². The van der Waals surface area contributed by atoms with Gasteiger partial charge in [0.25, 0.3) is 5.91 Å². The summed E-state index contributed by atoms with van der Waals surface area (Å²) in [4.78, 5) is 14.1. The largest absolute Gasteiger partial charge is 0.394 e. The van der Waals surface area contributed by atoms with E-state index in [4.69, 9.17) is 11.6 Å². The van der Waals surface area contributed by atoms with Crippen LogP contribution in [0.5, 0.6) is 0 Å². The second kappa shape index (κ2) is 5.07. The van der Waals surface area contributed by atoms with Gasteiger partial charge in [0.2, 0.25) is 0 Å². The molecule has 1 amide bonds. The van der Waals surface area contributed by atoms with Crippen molar-refractivity contribution in [1.82, 2.24) is 4.90 Å². The Morgan fingerprint density at radius 1 is 1.59 bits per heavy atom. The van der Waals surface area contributed by atoms with Crippen molar-refractivity contribution in [1.29, 1.82) is 0 Å². The van der Waals surface area contributed by atoms with Crippen molar-refractivity contribution in [3.8, 4) is 0 Å². The van der Waals surface area contributed by atoms with Crippen molar-refractivity contribution in [2.24, 2.45) is 0 Å². The third kappa shape index (κ3) is 2.45. The number of hydrogen-bond donors (Lipinski definition) is 1. The zero-order valence-corrected chi connectivity index (χ0v) is 10.6. The van der Waals surface area contributed by atoms with E-state index in [2.05, 4.69) is 0 Å². The van der Waals surface area contributed by atoms with Crippen LogP contribution in [0.25, 0.3) is 0 Å². The molecule has 3 nitrogen and oxygen atoms in total. The van der Waals surface area contributed by atoms with Crippen LogP contribution in [0.2, 0.25) is 5.02 Å². The number of rotatable bonds is 2. The van der Waals surface area contributed by atoms with Gasteiger partial charge in [-0.15, -0.1) is 0 Å². The summed E-state index contributed by atoms with van der Waals surface area (Å²) in [5.41, 5.74) is 1.56. The van der Waals surface area contributed by atoms with Gasteiger partial charge in [-0.3, -0.25) is 4.79 Å². The predicted molar refractivity (Wildman–Crippen MR) is 67.3 cm³/mol. The number of halogens is 1. The summed E-state index contributed by atoms with van der Waals surface area (Å²) in [6.07, 6.45) is 1.85. The van der Waals surface area contributed by atoms with E-state index >= 15 is 0 Å². The Morgan fingerprint density at radius 3 is 3.00 bits per heavy atom. The summed E-state index contributed by atoms with van der Waals surface area (Å²) >= 11 is 5.87. The van der Waals surface area contributed by atoms with E-state index in [9.17, 15) is 9.90 Å². The number of carbonyl (C=O) groups is 1. The second-order valence-corrected chi connectivity index (χ2v) is 4.87. The van der Waals surface area contributed by atoms with Crippen LogP contribution in [-0.2, 0) is 0 Å². The van der Waals surface area contributed by atoms with Gasteiger partial charge >= 0.3 is 0 Å². The molecule has 0 bridgehead atoms. The molecule has 4 heteroatoms. The fourth-order valence-electron chi connectivity index (χ4n) is 2.31. The van der Waals surface area contributed by atoms with E-state index in [1.54, 1.807) is 23.1 Å². The summed E-state index contributed by atoms with van der Waals surface area (Å²) in [5, 5.41) is 9.87. The van der Waals surface area contributed by atoms with Crippen LogP contribution < -0.4 is 0 Å². The van der Waals surface area contributed by atoms with Crippen LogP contribution in [-0.4, -0.2) is 35.1 Å². The molecule has 1 fully saturated rings. The molecule has 1 saturated heterocycles. The van der Waals surface area contributed by atoms with E-state index in [0.29, 0.717) is 10.6 Å². The van der Waals surface area contributed by atoms with Gasteiger partial charge in [0, 0.05) is 17.1 Å². The summed E-state index contributed by atoms with van der Waals surface area (Å²) in [6.45, 7) is 2.65. The average molecular weight is 254 g/mol. The lowest BCUT2D eigenvalue weighted by Gasteiger charge is -2.23. The summed E-state index contributed by atoms with van der Waals surface area (Å²) < 4.78 is 0. The topological polar surface area (TPSA) is 40.5 Å². The van der Waals surface area contributed by atoms with Gasteiger partial charge in [-0.2, -0.15) is 0 Å². The number of hydrogen-bond acceptors (Lipinski definition) is 2. The number of aliphatic hydroxyl groups excluding tert-OH is 1. The molecule has 0 aliphatic carbocycles. The van der Waals surface area contributed by atoms with Gasteiger partial charge in [-0.25, -0.2) is 0 Å². The van der Waals surface area contributed by atoms with E-state index in [1.165, 1.54) is 0 Å². The Kier molecular flexibility index (Phi) is 3.69. The quantitative estimate of drug-likeness (QED) is 0.878. The molecular formula is C13H16ClNO2. The molecule has 1 N–H and O–H groups in total. The molecule has 0 radical (unpaired) electrons. The average Bonchev–Trinajstić information content (AvgIpc) is 2.76. The molecule has 1 aliphatic heterocycles. The first-order valence-electron chi connectivity index (χ1n) is 5.81. The van der Waals surface area contributed by atoms with Crippen LogP contribution in [0.3, 0.4) is 0 Å². The molecule has 17 heavy (non-hydrogen) atoms. The van der Waals surface area contributed by atoms with E-state index in [-0.39, 0.29) is 18.6 Å². The standard InChI is InChI=1S/C13H16ClNO2/c1-9-7-10(14)4-5-12(9)13(17)15-6-2-3-11(15)8-16/h4-5,7,11,16H,2-3,6,8H2,1H3/t11-/m1/s1. The van der Waals surface area contributed by atoms with E-state index in [0.717, 1.165) is 24.9 Å². The van der Waals surface area contributed by atoms with Crippen LogP contribution >= 0.6 is 11.6 Å². The highest BCUT2D eigenvalue weighted by molar-refractivity contribution is 6.30. The molecule has 2 rings (SSSR count). The third-order valence-electron chi connectivity index (χ3n) is 3.27. The maximum atomic E-state index is 12.3. The highest BCUT2D eigenvalue weighted by Crippen LogP contribution is 2.22. The minimum Gasteiger partial charge on any atom is -0.394 e. The maximum absolute atomic E-state index is 12.3. The number of aliphatic hydroxyl groups is 1. The lowest BCUT2D eigenvalue weighted by Crippen LogP contribution is -2.37. The Morgan fingerprint density at radius 2 is 2.35 bits per heavy atom. The van der Waals surface area contributed by atoms with Gasteiger partial charge in [0.15, 0.2) is 0 Å². The Labute approximate surface area is 106 Å². The molecule has 1 atom stereocenters. The first-order chi connectivity index (χ1) is 8.13. The summed E-state index contributed by atoms with van der Waals surface area (Å²) in [6, 6.07) is 5.25. The number of nitrogens with zero attached hydrogens (tertiary/aromatic N) is 1. The van der Waals surface area contributed by atoms with E-state index < -0.39 is 0 Å². The van der Waals surface area contributed by atoms with Crippen LogP contribution in [0.1, 0.15) is 28.8 Å². The Bertz CT molecular complexity index is 433. The number of aryl methyl sites for hydroxylation is 1. The van der Waals surface area contributed by atoms with Gasteiger partial charge in [0.1, 0.15) is 0 Å². The molecule has 92 valence electrons. The number of amides is 1. The minimum absolute atomic E-state index is 0.00397. The maximum Gasteiger partial charge on any atom is 0.254 e. The van der Waals surface area contributed by atoms with E-state index in [1.807, 2.05) is 6.92 Å². The molecule has 1 aliphatic rings. The normalized spacial score (nSPS) is 19.7. The van der Waals surface area contributed by atoms with Gasteiger partial charge in [0.05, 0.1) is 12.6 Å². The van der Waals surface area contributed by atoms with Crippen molar-refractivity contribution in [3.05, 3.63) is 34.3 Å². The molecular weight excluding hydrogens is 238 g/mol. The zero-order valence-electron chi connectivity index (χ0n) is 9.82. The van der Waals surface area contributed by atoms with Crippen molar-refractivity contribution in [3.63, 3.8) is 0 Å². The molecule has 0 aromatic heterocycles. The fourth-order valence-corrected chi connectivity index (χ4v) is 2.54.